The maximum atomic E-state index is 12.4. The number of halogens is 1. The van der Waals surface area contributed by atoms with Crippen molar-refractivity contribution in [2.45, 2.75) is 6.92 Å². The van der Waals surface area contributed by atoms with Gasteiger partial charge in [-0.15, -0.1) is 0 Å². The molecule has 0 spiro atoms. The van der Waals surface area contributed by atoms with Crippen LogP contribution in [0.5, 0.6) is 5.75 Å². The summed E-state index contributed by atoms with van der Waals surface area (Å²) in [6.07, 6.45) is 3.07. The number of anilines is 1. The number of hydrogen-bond acceptors (Lipinski definition) is 3. The van der Waals surface area contributed by atoms with E-state index in [-0.39, 0.29) is 5.57 Å². The second-order valence-electron chi connectivity index (χ2n) is 5.22. The molecule has 0 aliphatic rings. The maximum Gasteiger partial charge on any atom is 0.266 e. The van der Waals surface area contributed by atoms with Crippen molar-refractivity contribution in [2.24, 2.45) is 0 Å². The topological polar surface area (TPSA) is 62.1 Å². The molecule has 0 saturated carbocycles. The Kier molecular flexibility index (Phi) is 6.39. The lowest BCUT2D eigenvalue weighted by Gasteiger charge is -2.09. The second kappa shape index (κ2) is 8.72. The van der Waals surface area contributed by atoms with E-state index in [1.807, 2.05) is 31.2 Å². The third-order valence-corrected chi connectivity index (χ3v) is 3.62. The van der Waals surface area contributed by atoms with Crippen molar-refractivity contribution >= 4 is 29.3 Å². The summed E-state index contributed by atoms with van der Waals surface area (Å²) in [5.74, 6) is 0.0205. The Hall–Kier alpha value is -3.03. The molecule has 2 aromatic rings. The van der Waals surface area contributed by atoms with E-state index in [0.29, 0.717) is 28.6 Å². The van der Waals surface area contributed by atoms with Crippen LogP contribution in [0, 0.1) is 18.3 Å². The molecule has 5 heteroatoms. The molecule has 1 amide bonds. The Morgan fingerprint density at radius 3 is 2.80 bits per heavy atom. The Labute approximate surface area is 152 Å². The molecule has 0 aromatic heterocycles. The monoisotopic (exact) mass is 352 g/mol. The zero-order chi connectivity index (χ0) is 18.2. The lowest BCUT2D eigenvalue weighted by atomic mass is 10.1. The highest BCUT2D eigenvalue weighted by Gasteiger charge is 2.12. The number of carbonyl (C=O) groups excluding carboxylic acids is 1. The second-order valence-corrected chi connectivity index (χ2v) is 5.66. The molecule has 0 atom stereocenters. The largest absolute Gasteiger partial charge is 0.489 e. The van der Waals surface area contributed by atoms with Crippen molar-refractivity contribution in [3.63, 3.8) is 0 Å². The Balaban J connectivity index is 2.32. The summed E-state index contributed by atoms with van der Waals surface area (Å²) in [5.41, 5.74) is 2.06. The van der Waals surface area contributed by atoms with Crippen molar-refractivity contribution in [3.8, 4) is 11.8 Å². The molecular weight excluding hydrogens is 336 g/mol. The zero-order valence-corrected chi connectivity index (χ0v) is 14.5. The molecule has 0 heterocycles. The van der Waals surface area contributed by atoms with E-state index >= 15 is 0 Å². The van der Waals surface area contributed by atoms with Crippen LogP contribution in [-0.2, 0) is 4.79 Å². The van der Waals surface area contributed by atoms with E-state index < -0.39 is 5.91 Å². The van der Waals surface area contributed by atoms with Crippen molar-refractivity contribution < 1.29 is 9.53 Å². The molecule has 4 nitrogen and oxygen atoms in total. The number of para-hydroxylation sites is 1. The van der Waals surface area contributed by atoms with Crippen molar-refractivity contribution in [3.05, 3.63) is 76.8 Å². The number of aryl methyl sites for hydroxylation is 1. The van der Waals surface area contributed by atoms with Gasteiger partial charge in [0.25, 0.3) is 5.91 Å². The first kappa shape index (κ1) is 18.3. The summed E-state index contributed by atoms with van der Waals surface area (Å²) in [5, 5.41) is 12.6. The first-order chi connectivity index (χ1) is 12.0. The minimum atomic E-state index is -0.494. The number of rotatable bonds is 6. The van der Waals surface area contributed by atoms with Gasteiger partial charge in [-0.3, -0.25) is 4.79 Å². The number of nitriles is 1. The molecular formula is C20H17ClN2O2. The highest BCUT2D eigenvalue weighted by Crippen LogP contribution is 2.26. The Morgan fingerprint density at radius 1 is 1.36 bits per heavy atom. The number of carbonyl (C=O) groups is 1. The van der Waals surface area contributed by atoms with Crippen LogP contribution >= 0.6 is 11.6 Å². The molecule has 0 radical (unpaired) electrons. The van der Waals surface area contributed by atoms with Gasteiger partial charge in [-0.05, 0) is 42.8 Å². The van der Waals surface area contributed by atoms with E-state index in [2.05, 4.69) is 11.9 Å². The number of benzene rings is 2. The third-order valence-electron chi connectivity index (χ3n) is 3.39. The molecule has 1 N–H and O–H groups in total. The van der Waals surface area contributed by atoms with Crippen molar-refractivity contribution in [1.29, 1.82) is 5.26 Å². The summed E-state index contributed by atoms with van der Waals surface area (Å²) in [4.78, 5) is 12.4. The minimum absolute atomic E-state index is 0.0472. The number of hydrogen-bond donors (Lipinski definition) is 1. The van der Waals surface area contributed by atoms with Crippen LogP contribution in [0.3, 0.4) is 0 Å². The summed E-state index contributed by atoms with van der Waals surface area (Å²) < 4.78 is 5.54. The normalized spacial score (nSPS) is 10.7. The number of nitrogens with one attached hydrogen (secondary N) is 1. The van der Waals surface area contributed by atoms with Gasteiger partial charge >= 0.3 is 0 Å². The highest BCUT2D eigenvalue weighted by molar-refractivity contribution is 6.30. The summed E-state index contributed by atoms with van der Waals surface area (Å²) in [6, 6.07) is 14.3. The quantitative estimate of drug-likeness (QED) is 0.463. The molecule has 25 heavy (non-hydrogen) atoms. The van der Waals surface area contributed by atoms with Crippen LogP contribution in [0.1, 0.15) is 11.1 Å². The maximum absolute atomic E-state index is 12.4. The Bertz CT molecular complexity index is 866. The van der Waals surface area contributed by atoms with Gasteiger partial charge in [0.05, 0.1) is 0 Å². The Morgan fingerprint density at radius 2 is 2.12 bits per heavy atom. The molecule has 126 valence electrons. The molecule has 2 aromatic carbocycles. The van der Waals surface area contributed by atoms with Crippen LogP contribution in [0.25, 0.3) is 6.08 Å². The SMILES string of the molecule is C=CCOc1ccc(Cl)cc1/C=C(\C#N)C(=O)Nc1ccccc1C. The van der Waals surface area contributed by atoms with E-state index in [1.165, 1.54) is 6.08 Å². The zero-order valence-electron chi connectivity index (χ0n) is 13.8. The molecule has 0 aliphatic carbocycles. The molecule has 0 saturated heterocycles. The average Bonchev–Trinajstić information content (AvgIpc) is 2.60. The van der Waals surface area contributed by atoms with Crippen LogP contribution < -0.4 is 10.1 Å². The third kappa shape index (κ3) is 4.97. The fourth-order valence-electron chi connectivity index (χ4n) is 2.12. The number of ether oxygens (including phenoxy) is 1. The standard InChI is InChI=1S/C20H17ClN2O2/c1-3-10-25-19-9-8-17(21)12-15(19)11-16(13-22)20(24)23-18-7-5-4-6-14(18)2/h3-9,11-12H,1,10H2,2H3,(H,23,24)/b16-11+. The van der Waals surface area contributed by atoms with Crippen molar-refractivity contribution in [1.82, 2.24) is 0 Å². The predicted molar refractivity (Wildman–Crippen MR) is 101 cm³/mol. The molecule has 0 unspecified atom stereocenters. The average molecular weight is 353 g/mol. The molecule has 0 fully saturated rings. The number of amides is 1. The highest BCUT2D eigenvalue weighted by atomic mass is 35.5. The van der Waals surface area contributed by atoms with Crippen LogP contribution in [0.4, 0.5) is 5.69 Å². The molecule has 0 aliphatic heterocycles. The van der Waals surface area contributed by atoms with Gasteiger partial charge in [-0.25, -0.2) is 0 Å². The van der Waals surface area contributed by atoms with E-state index in [0.717, 1.165) is 5.56 Å². The van der Waals surface area contributed by atoms with Gasteiger partial charge < -0.3 is 10.1 Å². The summed E-state index contributed by atoms with van der Waals surface area (Å²) >= 11 is 6.02. The van der Waals surface area contributed by atoms with Crippen LogP contribution in [0.15, 0.2) is 60.7 Å². The van der Waals surface area contributed by atoms with Gasteiger partial charge in [0.1, 0.15) is 24.0 Å². The first-order valence-electron chi connectivity index (χ1n) is 7.57. The van der Waals surface area contributed by atoms with Crippen LogP contribution in [0.2, 0.25) is 5.02 Å². The lowest BCUT2D eigenvalue weighted by molar-refractivity contribution is -0.112. The summed E-state index contributed by atoms with van der Waals surface area (Å²) in [6.45, 7) is 5.78. The van der Waals surface area contributed by atoms with E-state index in [1.54, 1.807) is 30.3 Å². The lowest BCUT2D eigenvalue weighted by Crippen LogP contribution is -2.14. The molecule has 0 bridgehead atoms. The van der Waals surface area contributed by atoms with Gasteiger partial charge in [-0.2, -0.15) is 5.26 Å². The minimum Gasteiger partial charge on any atom is -0.489 e. The van der Waals surface area contributed by atoms with Gasteiger partial charge in [-0.1, -0.05) is 42.5 Å². The van der Waals surface area contributed by atoms with E-state index in [9.17, 15) is 10.1 Å². The van der Waals surface area contributed by atoms with Gasteiger partial charge in [0, 0.05) is 16.3 Å². The van der Waals surface area contributed by atoms with Crippen LogP contribution in [-0.4, -0.2) is 12.5 Å². The summed E-state index contributed by atoms with van der Waals surface area (Å²) in [7, 11) is 0. The fourth-order valence-corrected chi connectivity index (χ4v) is 2.30. The first-order valence-corrected chi connectivity index (χ1v) is 7.95. The smallest absolute Gasteiger partial charge is 0.266 e. The predicted octanol–water partition coefficient (Wildman–Crippen LogP) is 4.76. The molecule has 2 rings (SSSR count). The van der Waals surface area contributed by atoms with E-state index in [4.69, 9.17) is 16.3 Å². The van der Waals surface area contributed by atoms with Gasteiger partial charge in [0.15, 0.2) is 0 Å². The van der Waals surface area contributed by atoms with Gasteiger partial charge in [0.2, 0.25) is 0 Å². The number of nitrogens with zero attached hydrogens (tertiary/aromatic N) is 1. The van der Waals surface area contributed by atoms with Crippen molar-refractivity contribution in [2.75, 3.05) is 11.9 Å². The fraction of sp³-hybridized carbons (Fsp3) is 0.100.